The van der Waals surface area contributed by atoms with E-state index in [9.17, 15) is 4.79 Å². The molecule has 3 nitrogen and oxygen atoms in total. The molecule has 1 N–H and O–H groups in total. The van der Waals surface area contributed by atoms with Gasteiger partial charge in [-0.15, -0.1) is 0 Å². The van der Waals surface area contributed by atoms with Crippen LogP contribution in [0.25, 0.3) is 0 Å². The summed E-state index contributed by atoms with van der Waals surface area (Å²) in [4.78, 5) is 10.7. The van der Waals surface area contributed by atoms with Gasteiger partial charge in [0.15, 0.2) is 0 Å². The minimum atomic E-state index is -0.280. The Hall–Kier alpha value is -1.25. The number of allylic oxidation sites excluding steroid dienone is 1. The highest BCUT2D eigenvalue weighted by molar-refractivity contribution is 5.90. The summed E-state index contributed by atoms with van der Waals surface area (Å²) >= 11 is 0. The maximum atomic E-state index is 10.7. The van der Waals surface area contributed by atoms with Crippen molar-refractivity contribution in [2.24, 2.45) is 0 Å². The van der Waals surface area contributed by atoms with Gasteiger partial charge in [0.05, 0.1) is 6.26 Å². The van der Waals surface area contributed by atoms with Gasteiger partial charge in [0.2, 0.25) is 0 Å². The lowest BCUT2D eigenvalue weighted by Gasteiger charge is -1.91. The second kappa shape index (κ2) is 3.06. The van der Waals surface area contributed by atoms with E-state index in [1.165, 1.54) is 6.08 Å². The molecule has 1 aliphatic rings. The second-order valence-electron chi connectivity index (χ2n) is 1.92. The van der Waals surface area contributed by atoms with Gasteiger partial charge in [0.25, 0.3) is 0 Å². The van der Waals surface area contributed by atoms with Crippen molar-refractivity contribution in [3.05, 3.63) is 24.0 Å². The Kier molecular flexibility index (Phi) is 2.10. The van der Waals surface area contributed by atoms with Gasteiger partial charge in [0, 0.05) is 12.0 Å². The number of aliphatic hydroxyl groups excluding tert-OH is 1. The molecule has 0 saturated carbocycles. The number of ether oxygens (including phenoxy) is 1. The van der Waals surface area contributed by atoms with E-state index < -0.39 is 0 Å². The predicted octanol–water partition coefficient (Wildman–Crippen LogP) is 0.931. The molecule has 0 fully saturated rings. The van der Waals surface area contributed by atoms with Crippen LogP contribution in [0.4, 0.5) is 0 Å². The molecule has 1 aliphatic heterocycles. The number of rotatable bonds is 2. The summed E-state index contributed by atoms with van der Waals surface area (Å²) < 4.78 is 4.62. The number of aliphatic hydroxyl groups is 1. The van der Waals surface area contributed by atoms with Gasteiger partial charge in [0.1, 0.15) is 6.61 Å². The van der Waals surface area contributed by atoms with Gasteiger partial charge < -0.3 is 9.84 Å². The Morgan fingerprint density at radius 1 is 1.80 bits per heavy atom. The lowest BCUT2D eigenvalue weighted by Crippen LogP contribution is -1.97. The molecule has 0 spiro atoms. The molecule has 0 aromatic carbocycles. The summed E-state index contributed by atoms with van der Waals surface area (Å²) in [5, 5.41) is 8.25. The van der Waals surface area contributed by atoms with Crippen molar-refractivity contribution >= 4 is 5.97 Å². The number of carbonyl (C=O) groups excluding carboxylic acids is 1. The highest BCUT2D eigenvalue weighted by atomic mass is 16.5. The average Bonchev–Trinajstić information content (AvgIpc) is 2.31. The smallest absolute Gasteiger partial charge is 0.334 e. The molecular weight excluding hydrogens is 132 g/mol. The Balaban J connectivity index is 2.47. The number of esters is 1. The molecule has 1 rings (SSSR count). The van der Waals surface area contributed by atoms with Crippen LogP contribution in [0.2, 0.25) is 0 Å². The van der Waals surface area contributed by atoms with Crippen molar-refractivity contribution in [1.29, 1.82) is 0 Å². The molecule has 0 aliphatic carbocycles. The molecule has 0 aromatic heterocycles. The van der Waals surface area contributed by atoms with Crippen molar-refractivity contribution in [3.63, 3.8) is 0 Å². The highest BCUT2D eigenvalue weighted by Crippen LogP contribution is 2.10. The Bertz CT molecular complexity index is 191. The number of hydrogen-bond acceptors (Lipinski definition) is 3. The first-order chi connectivity index (χ1) is 4.84. The Labute approximate surface area is 58.6 Å². The molecule has 0 unspecified atom stereocenters. The summed E-state index contributed by atoms with van der Waals surface area (Å²) in [6.07, 6.45) is 4.59. The van der Waals surface area contributed by atoms with Crippen LogP contribution in [0.15, 0.2) is 24.0 Å². The molecule has 0 amide bonds. The van der Waals surface area contributed by atoms with Crippen LogP contribution in [0, 0.1) is 0 Å². The fourth-order valence-electron chi connectivity index (χ4n) is 0.740. The van der Waals surface area contributed by atoms with Gasteiger partial charge in [-0.1, -0.05) is 0 Å². The van der Waals surface area contributed by atoms with Gasteiger partial charge >= 0.3 is 5.97 Å². The largest absolute Gasteiger partial charge is 0.516 e. The van der Waals surface area contributed by atoms with Crippen LogP contribution in [0.3, 0.4) is 0 Å². The Morgan fingerprint density at radius 3 is 3.10 bits per heavy atom. The van der Waals surface area contributed by atoms with Gasteiger partial charge in [-0.25, -0.2) is 4.79 Å². The van der Waals surface area contributed by atoms with E-state index in [-0.39, 0.29) is 5.97 Å². The van der Waals surface area contributed by atoms with E-state index in [2.05, 4.69) is 4.74 Å². The quantitative estimate of drug-likeness (QED) is 0.458. The van der Waals surface area contributed by atoms with Crippen molar-refractivity contribution < 1.29 is 14.6 Å². The van der Waals surface area contributed by atoms with Crippen LogP contribution in [-0.4, -0.2) is 17.7 Å². The summed E-state index contributed by atoms with van der Waals surface area (Å²) in [5.41, 5.74) is 0.616. The SMILES string of the molecule is O=C1OCC=C1CC=CO. The van der Waals surface area contributed by atoms with Crippen molar-refractivity contribution in [1.82, 2.24) is 0 Å². The third-order valence-corrected chi connectivity index (χ3v) is 1.25. The third kappa shape index (κ3) is 1.37. The van der Waals surface area contributed by atoms with Crippen molar-refractivity contribution in [2.45, 2.75) is 6.42 Å². The normalized spacial score (nSPS) is 17.6. The minimum absolute atomic E-state index is 0.280. The zero-order valence-corrected chi connectivity index (χ0v) is 5.41. The molecule has 3 heteroatoms. The first-order valence-electron chi connectivity index (χ1n) is 3.00. The van der Waals surface area contributed by atoms with Crippen molar-refractivity contribution in [2.75, 3.05) is 6.61 Å². The van der Waals surface area contributed by atoms with E-state index in [0.717, 1.165) is 6.26 Å². The first-order valence-corrected chi connectivity index (χ1v) is 3.00. The molecule has 10 heavy (non-hydrogen) atoms. The van der Waals surface area contributed by atoms with Gasteiger partial charge in [-0.2, -0.15) is 0 Å². The second-order valence-corrected chi connectivity index (χ2v) is 1.92. The van der Waals surface area contributed by atoms with E-state index in [0.29, 0.717) is 18.6 Å². The number of carbonyl (C=O) groups is 1. The molecule has 0 saturated heterocycles. The zero-order chi connectivity index (χ0) is 7.40. The predicted molar refractivity (Wildman–Crippen MR) is 35.4 cm³/mol. The monoisotopic (exact) mass is 140 g/mol. The molecule has 54 valence electrons. The summed E-state index contributed by atoms with van der Waals surface area (Å²) in [6, 6.07) is 0. The maximum Gasteiger partial charge on any atom is 0.334 e. The Morgan fingerprint density at radius 2 is 2.60 bits per heavy atom. The third-order valence-electron chi connectivity index (χ3n) is 1.25. The van der Waals surface area contributed by atoms with Crippen LogP contribution in [-0.2, 0) is 9.53 Å². The van der Waals surface area contributed by atoms with Gasteiger partial charge in [-0.3, -0.25) is 0 Å². The van der Waals surface area contributed by atoms with Crippen molar-refractivity contribution in [3.8, 4) is 0 Å². The standard InChI is InChI=1S/C7H8O3/c8-4-1-2-6-3-5-10-7(6)9/h1,3-4,8H,2,5H2. The topological polar surface area (TPSA) is 46.5 Å². The van der Waals surface area contributed by atoms with E-state index >= 15 is 0 Å². The minimum Gasteiger partial charge on any atom is -0.516 e. The van der Waals surface area contributed by atoms with E-state index in [4.69, 9.17) is 5.11 Å². The fourth-order valence-corrected chi connectivity index (χ4v) is 0.740. The van der Waals surface area contributed by atoms with Gasteiger partial charge in [-0.05, 0) is 12.2 Å². The summed E-state index contributed by atoms with van der Waals surface area (Å²) in [7, 11) is 0. The van der Waals surface area contributed by atoms with Crippen LogP contribution in [0.1, 0.15) is 6.42 Å². The molecule has 0 aromatic rings. The number of cyclic esters (lactones) is 1. The molecule has 0 atom stereocenters. The average molecular weight is 140 g/mol. The summed E-state index contributed by atoms with van der Waals surface area (Å²) in [5.74, 6) is -0.280. The molecule has 0 bridgehead atoms. The summed E-state index contributed by atoms with van der Waals surface area (Å²) in [6.45, 7) is 0.368. The molecule has 0 radical (unpaired) electrons. The lowest BCUT2D eigenvalue weighted by atomic mass is 10.2. The fraction of sp³-hybridized carbons (Fsp3) is 0.286. The highest BCUT2D eigenvalue weighted by Gasteiger charge is 2.14. The zero-order valence-electron chi connectivity index (χ0n) is 5.41. The lowest BCUT2D eigenvalue weighted by molar-refractivity contribution is -0.136. The molecular formula is C7H8O3. The van der Waals surface area contributed by atoms with Crippen LogP contribution in [0.5, 0.6) is 0 Å². The first kappa shape index (κ1) is 6.86. The molecule has 1 heterocycles. The van der Waals surface area contributed by atoms with E-state index in [1.807, 2.05) is 0 Å². The number of hydrogen-bond donors (Lipinski definition) is 1. The van der Waals surface area contributed by atoms with E-state index in [1.54, 1.807) is 6.08 Å². The van der Waals surface area contributed by atoms with Crippen LogP contribution < -0.4 is 0 Å². The maximum absolute atomic E-state index is 10.7. The van der Waals surface area contributed by atoms with Crippen LogP contribution >= 0.6 is 0 Å².